The van der Waals surface area contributed by atoms with Gasteiger partial charge in [-0.1, -0.05) is 24.8 Å². The van der Waals surface area contributed by atoms with E-state index in [1.807, 2.05) is 12.1 Å². The molecule has 0 bridgehead atoms. The molecule has 0 atom stereocenters. The highest BCUT2D eigenvalue weighted by atomic mass is 19.4. The van der Waals surface area contributed by atoms with Crippen molar-refractivity contribution in [2.75, 3.05) is 5.32 Å². The van der Waals surface area contributed by atoms with Gasteiger partial charge in [-0.25, -0.2) is 9.37 Å². The Labute approximate surface area is 204 Å². The number of amides is 1. The molecule has 4 rings (SSSR count). The van der Waals surface area contributed by atoms with Gasteiger partial charge in [0.25, 0.3) is 5.91 Å². The molecular weight excluding hydrogens is 472 g/mol. The van der Waals surface area contributed by atoms with Crippen LogP contribution in [-0.2, 0) is 13.2 Å². The van der Waals surface area contributed by atoms with Gasteiger partial charge in [-0.05, 0) is 54.1 Å². The molecule has 36 heavy (non-hydrogen) atoms. The molecule has 0 saturated heterocycles. The summed E-state index contributed by atoms with van der Waals surface area (Å²) in [4.78, 5) is 21.4. The molecule has 0 spiro atoms. The van der Waals surface area contributed by atoms with Crippen molar-refractivity contribution >= 4 is 17.2 Å². The van der Waals surface area contributed by atoms with Gasteiger partial charge in [0, 0.05) is 36.3 Å². The molecule has 5 nitrogen and oxygen atoms in total. The van der Waals surface area contributed by atoms with Gasteiger partial charge < -0.3 is 9.88 Å². The number of rotatable bonds is 6. The van der Waals surface area contributed by atoms with E-state index in [9.17, 15) is 22.4 Å². The van der Waals surface area contributed by atoms with Crippen molar-refractivity contribution < 1.29 is 22.4 Å². The largest absolute Gasteiger partial charge is 0.417 e. The van der Waals surface area contributed by atoms with Crippen molar-refractivity contribution in [1.82, 2.24) is 14.5 Å². The number of halogens is 4. The molecule has 182 valence electrons. The number of benzene rings is 2. The van der Waals surface area contributed by atoms with Crippen LogP contribution in [0.15, 0.2) is 91.9 Å². The highest BCUT2D eigenvalue weighted by Gasteiger charge is 2.35. The number of pyridine rings is 1. The number of anilines is 1. The minimum absolute atomic E-state index is 0.160. The number of carbonyl (C=O) groups is 1. The number of aromatic nitrogens is 3. The Morgan fingerprint density at radius 2 is 1.75 bits per heavy atom. The van der Waals surface area contributed by atoms with Gasteiger partial charge >= 0.3 is 6.18 Å². The first kappa shape index (κ1) is 24.6. The molecule has 0 radical (unpaired) electrons. The average molecular weight is 492 g/mol. The molecule has 4 aromatic rings. The van der Waals surface area contributed by atoms with Gasteiger partial charge in [-0.3, -0.25) is 9.78 Å². The van der Waals surface area contributed by atoms with Crippen molar-refractivity contribution in [2.24, 2.45) is 7.05 Å². The molecular formula is C27H20F4N4O. The maximum atomic E-state index is 13.8. The third kappa shape index (κ3) is 5.10. The van der Waals surface area contributed by atoms with Gasteiger partial charge in [0.2, 0.25) is 0 Å². The average Bonchev–Trinajstić information content (AvgIpc) is 3.24. The molecule has 0 aliphatic heterocycles. The van der Waals surface area contributed by atoms with Crippen LogP contribution in [0.1, 0.15) is 27.3 Å². The lowest BCUT2D eigenvalue weighted by Gasteiger charge is -2.16. The van der Waals surface area contributed by atoms with Crippen LogP contribution in [0.25, 0.3) is 16.8 Å². The summed E-state index contributed by atoms with van der Waals surface area (Å²) in [5.74, 6) is -1.05. The van der Waals surface area contributed by atoms with Crippen molar-refractivity contribution in [3.05, 3.63) is 120 Å². The molecule has 0 fully saturated rings. The summed E-state index contributed by atoms with van der Waals surface area (Å²) >= 11 is 0. The maximum Gasteiger partial charge on any atom is 0.417 e. The number of alkyl halides is 3. The van der Waals surface area contributed by atoms with Gasteiger partial charge in [-0.2, -0.15) is 13.2 Å². The van der Waals surface area contributed by atoms with E-state index in [-0.39, 0.29) is 5.69 Å². The lowest BCUT2D eigenvalue weighted by molar-refractivity contribution is -0.137. The predicted octanol–water partition coefficient (Wildman–Crippen LogP) is 6.51. The highest BCUT2D eigenvalue weighted by molar-refractivity contribution is 6.06. The SMILES string of the molecule is C=C/C=C(/c1ccc(C(F)(F)F)c(C(=O)Nc2ccc(F)cc2)c1)c1ncc(-c2ccncc2)n1C. The zero-order valence-corrected chi connectivity index (χ0v) is 19.1. The van der Waals surface area contributed by atoms with Crippen LogP contribution >= 0.6 is 0 Å². The lowest BCUT2D eigenvalue weighted by Crippen LogP contribution is -2.19. The number of imidazole rings is 1. The van der Waals surface area contributed by atoms with E-state index < -0.39 is 29.0 Å². The molecule has 1 amide bonds. The molecule has 0 unspecified atom stereocenters. The van der Waals surface area contributed by atoms with Crippen molar-refractivity contribution in [3.63, 3.8) is 0 Å². The number of carbonyl (C=O) groups excluding carboxylic acids is 1. The zero-order valence-electron chi connectivity index (χ0n) is 19.1. The Balaban J connectivity index is 1.79. The number of nitrogens with zero attached hydrogens (tertiary/aromatic N) is 3. The van der Waals surface area contributed by atoms with E-state index in [1.54, 1.807) is 36.3 Å². The molecule has 2 aromatic carbocycles. The molecule has 2 heterocycles. The first-order valence-corrected chi connectivity index (χ1v) is 10.7. The third-order valence-corrected chi connectivity index (χ3v) is 5.47. The van der Waals surface area contributed by atoms with Gasteiger partial charge in [0.05, 0.1) is 23.0 Å². The zero-order chi connectivity index (χ0) is 25.9. The summed E-state index contributed by atoms with van der Waals surface area (Å²) in [5, 5.41) is 2.40. The smallest absolute Gasteiger partial charge is 0.327 e. The highest BCUT2D eigenvalue weighted by Crippen LogP contribution is 2.35. The summed E-state index contributed by atoms with van der Waals surface area (Å²) in [6, 6.07) is 11.7. The third-order valence-electron chi connectivity index (χ3n) is 5.47. The summed E-state index contributed by atoms with van der Waals surface area (Å²) in [7, 11) is 1.78. The fourth-order valence-electron chi connectivity index (χ4n) is 3.75. The van der Waals surface area contributed by atoms with Crippen LogP contribution < -0.4 is 5.32 Å². The fourth-order valence-corrected chi connectivity index (χ4v) is 3.75. The van der Waals surface area contributed by atoms with E-state index in [0.717, 1.165) is 35.5 Å². The maximum absolute atomic E-state index is 13.8. The fraction of sp³-hybridized carbons (Fsp3) is 0.0741. The van der Waals surface area contributed by atoms with Crippen LogP contribution in [0.5, 0.6) is 0 Å². The summed E-state index contributed by atoms with van der Waals surface area (Å²) < 4.78 is 56.3. The summed E-state index contributed by atoms with van der Waals surface area (Å²) in [6.45, 7) is 3.71. The molecule has 2 aromatic heterocycles. The Bertz CT molecular complexity index is 1440. The van der Waals surface area contributed by atoms with E-state index in [2.05, 4.69) is 21.9 Å². The number of hydrogen-bond donors (Lipinski definition) is 1. The number of allylic oxidation sites excluding steroid dienone is 2. The molecule has 9 heteroatoms. The van der Waals surface area contributed by atoms with Crippen molar-refractivity contribution in [2.45, 2.75) is 6.18 Å². The molecule has 0 aliphatic carbocycles. The first-order valence-electron chi connectivity index (χ1n) is 10.7. The second-order valence-electron chi connectivity index (χ2n) is 7.80. The predicted molar refractivity (Wildman–Crippen MR) is 130 cm³/mol. The van der Waals surface area contributed by atoms with E-state index in [4.69, 9.17) is 0 Å². The molecule has 1 N–H and O–H groups in total. The summed E-state index contributed by atoms with van der Waals surface area (Å²) in [6.07, 6.45) is 3.27. The Hall–Kier alpha value is -4.53. The van der Waals surface area contributed by atoms with E-state index in [1.165, 1.54) is 24.3 Å². The lowest BCUT2D eigenvalue weighted by atomic mass is 9.97. The Morgan fingerprint density at radius 3 is 2.39 bits per heavy atom. The van der Waals surface area contributed by atoms with Crippen molar-refractivity contribution in [1.29, 1.82) is 0 Å². The first-order chi connectivity index (χ1) is 17.2. The molecule has 0 aliphatic rings. The van der Waals surface area contributed by atoms with Crippen LogP contribution in [0.2, 0.25) is 0 Å². The Kier molecular flexibility index (Phi) is 6.82. The summed E-state index contributed by atoms with van der Waals surface area (Å²) in [5.41, 5.74) is 0.913. The van der Waals surface area contributed by atoms with Gasteiger partial charge in [0.1, 0.15) is 11.6 Å². The van der Waals surface area contributed by atoms with Gasteiger partial charge in [0.15, 0.2) is 0 Å². The Morgan fingerprint density at radius 1 is 1.06 bits per heavy atom. The normalized spacial score (nSPS) is 11.9. The second-order valence-corrected chi connectivity index (χ2v) is 7.80. The van der Waals surface area contributed by atoms with Gasteiger partial charge in [-0.15, -0.1) is 0 Å². The van der Waals surface area contributed by atoms with E-state index >= 15 is 0 Å². The van der Waals surface area contributed by atoms with Crippen LogP contribution in [0.4, 0.5) is 23.2 Å². The second kappa shape index (κ2) is 9.99. The molecule has 0 saturated carbocycles. The number of nitrogens with one attached hydrogen (secondary N) is 1. The van der Waals surface area contributed by atoms with Crippen LogP contribution in [0.3, 0.4) is 0 Å². The quantitative estimate of drug-likeness (QED) is 0.247. The standard InChI is InChI=1S/C27H20F4N4O/c1-3-4-21(25-33-16-24(35(25)2)17-11-13-32-14-12-17)18-5-10-23(27(29,30)31)22(15-18)26(36)34-20-8-6-19(28)7-9-20/h3-16H,1H2,2H3,(H,34,36)/b21-4-. The van der Waals surface area contributed by atoms with Crippen LogP contribution in [-0.4, -0.2) is 20.4 Å². The monoisotopic (exact) mass is 492 g/mol. The van der Waals surface area contributed by atoms with Crippen LogP contribution in [0, 0.1) is 5.82 Å². The minimum atomic E-state index is -4.77. The minimum Gasteiger partial charge on any atom is -0.327 e. The number of hydrogen-bond acceptors (Lipinski definition) is 3. The van der Waals surface area contributed by atoms with Crippen molar-refractivity contribution in [3.8, 4) is 11.3 Å². The topological polar surface area (TPSA) is 59.8 Å². The van der Waals surface area contributed by atoms with E-state index in [0.29, 0.717) is 17.0 Å².